The van der Waals surface area contributed by atoms with Gasteiger partial charge in [0.15, 0.2) is 5.69 Å². The monoisotopic (exact) mass is 1150 g/mol. The normalized spacial score (nSPS) is 13.3. The molecule has 6 aromatic rings. The zero-order chi connectivity index (χ0) is 60.2. The number of rotatable bonds is 2. The lowest BCUT2D eigenvalue weighted by Gasteiger charge is -2.20. The molecule has 422 valence electrons. The van der Waals surface area contributed by atoms with E-state index in [0.29, 0.717) is 22.3 Å². The van der Waals surface area contributed by atoms with Gasteiger partial charge in [0, 0.05) is 9.50 Å². The molecule has 2 saturated carbocycles. The van der Waals surface area contributed by atoms with Crippen LogP contribution >= 0.6 is 27.5 Å². The summed E-state index contributed by atoms with van der Waals surface area (Å²) in [5.41, 5.74) is 16.3. The highest BCUT2D eigenvalue weighted by atomic mass is 79.9. The van der Waals surface area contributed by atoms with Crippen LogP contribution in [-0.4, -0.2) is 0 Å². The fraction of sp³-hybridized carbons (Fsp3) is 0.458. The predicted molar refractivity (Wildman–Crippen MR) is 340 cm³/mol. The Labute approximate surface area is 491 Å². The number of halogens is 4. The summed E-state index contributed by atoms with van der Waals surface area (Å²) in [5.74, 6) is 1.29. The van der Waals surface area contributed by atoms with Gasteiger partial charge in [-0.25, -0.2) is 23.3 Å². The van der Waals surface area contributed by atoms with Gasteiger partial charge in [0.1, 0.15) is 11.6 Å². The minimum atomic E-state index is -0.122. The first kappa shape index (κ1) is 67.7. The Balaban J connectivity index is 0.000000250. The SMILES string of the molecule is Cc1cc(C(C)(C)C)ccc1F.Cc1cc(C(C)(C)C)ccc1F.Cc1ccc(C(C)(C)C)cc1C1CC1.[C-]#[N+]c1ccc(C(C)(C)C)cc1Br.[C-]#[N+]c1ccc(C(C)(C)C)cc1C1CC1.[C-]#[N+]c1ccc(C(C)(C)C)cc1Cl. The van der Waals surface area contributed by atoms with Gasteiger partial charge in [-0.15, -0.1) is 0 Å². The summed E-state index contributed by atoms with van der Waals surface area (Å²) in [4.78, 5) is 10.3. The third-order valence-corrected chi connectivity index (χ3v) is 15.0. The molecular formula is C72H91BrClF2N3. The lowest BCUT2D eigenvalue weighted by molar-refractivity contribution is 0.579. The molecule has 0 amide bonds. The van der Waals surface area contributed by atoms with Gasteiger partial charge in [-0.1, -0.05) is 249 Å². The molecule has 0 aromatic heterocycles. The van der Waals surface area contributed by atoms with Crippen LogP contribution in [0.2, 0.25) is 5.02 Å². The van der Waals surface area contributed by atoms with Gasteiger partial charge >= 0.3 is 0 Å². The zero-order valence-corrected chi connectivity index (χ0v) is 54.1. The van der Waals surface area contributed by atoms with Crippen LogP contribution in [0.5, 0.6) is 0 Å². The van der Waals surface area contributed by atoms with Crippen LogP contribution in [0.1, 0.15) is 223 Å². The smallest absolute Gasteiger partial charge is 0.205 e. The average molecular weight is 1150 g/mol. The fourth-order valence-electron chi connectivity index (χ4n) is 8.14. The van der Waals surface area contributed by atoms with Crippen molar-refractivity contribution in [3.05, 3.63) is 226 Å². The standard InChI is InChI=1S/C14H17N.C14H20.C11H12BrN.C11H12ClN.2C11H15F/c1-14(2,3)11-7-8-13(15-4)12(9-11)10-5-6-10;1-10-5-8-12(14(2,3)4)9-13(10)11-6-7-11;2*1-11(2,3)8-5-6-10(13-4)9(12)7-8;2*1-8-7-9(11(2,3)4)5-6-10(8)12/h7-10H,5-6H2,1-3H3;5,8-9,11H,6-7H2,1-4H3;2*5-7H,1-3H3;2*5-7H,1-4H3. The Morgan fingerprint density at radius 3 is 1.00 bits per heavy atom. The Bertz CT molecular complexity index is 3000. The lowest BCUT2D eigenvalue weighted by atomic mass is 9.84. The molecule has 0 aliphatic heterocycles. The van der Waals surface area contributed by atoms with Gasteiger partial charge in [0.25, 0.3) is 0 Å². The maximum atomic E-state index is 12.9. The van der Waals surface area contributed by atoms with Gasteiger partial charge in [-0.05, 0) is 164 Å². The number of nitrogens with zero attached hydrogens (tertiary/aromatic N) is 3. The molecular weight excluding hydrogens is 1060 g/mol. The van der Waals surface area contributed by atoms with Crippen LogP contribution in [0.25, 0.3) is 14.5 Å². The van der Waals surface area contributed by atoms with E-state index in [4.69, 9.17) is 31.3 Å². The van der Waals surface area contributed by atoms with E-state index in [0.717, 1.165) is 32.8 Å². The Hall–Kier alpha value is -5.58. The van der Waals surface area contributed by atoms with Crippen molar-refractivity contribution in [2.75, 3.05) is 0 Å². The lowest BCUT2D eigenvalue weighted by Crippen LogP contribution is -2.11. The van der Waals surface area contributed by atoms with Gasteiger partial charge in [-0.2, -0.15) is 0 Å². The summed E-state index contributed by atoms with van der Waals surface area (Å²) in [6.45, 7) is 65.8. The maximum absolute atomic E-state index is 12.9. The first-order chi connectivity index (χ1) is 36.2. The topological polar surface area (TPSA) is 13.1 Å². The predicted octanol–water partition coefficient (Wildman–Crippen LogP) is 23.9. The van der Waals surface area contributed by atoms with E-state index in [1.807, 2.05) is 60.7 Å². The van der Waals surface area contributed by atoms with E-state index in [2.05, 4.69) is 192 Å². The summed E-state index contributed by atoms with van der Waals surface area (Å²) in [7, 11) is 0. The number of hydrogen-bond acceptors (Lipinski definition) is 0. The molecule has 0 unspecified atom stereocenters. The fourth-order valence-corrected chi connectivity index (χ4v) is 8.83. The molecule has 0 saturated heterocycles. The molecule has 0 bridgehead atoms. The summed E-state index contributed by atoms with van der Waals surface area (Å²) >= 11 is 9.31. The molecule has 0 N–H and O–H groups in total. The Morgan fingerprint density at radius 1 is 0.380 bits per heavy atom. The molecule has 2 fully saturated rings. The second kappa shape index (κ2) is 27.7. The summed E-state index contributed by atoms with van der Waals surface area (Å²) in [6, 6.07) is 35.4. The highest BCUT2D eigenvalue weighted by molar-refractivity contribution is 9.10. The maximum Gasteiger partial charge on any atom is 0.205 e. The van der Waals surface area contributed by atoms with Crippen LogP contribution in [0.4, 0.5) is 25.8 Å². The molecule has 0 spiro atoms. The van der Waals surface area contributed by atoms with Crippen molar-refractivity contribution in [1.82, 2.24) is 0 Å². The highest BCUT2D eigenvalue weighted by Gasteiger charge is 2.28. The van der Waals surface area contributed by atoms with Crippen molar-refractivity contribution in [3.63, 3.8) is 0 Å². The Morgan fingerprint density at radius 2 is 0.671 bits per heavy atom. The van der Waals surface area contributed by atoms with E-state index in [-0.39, 0.29) is 44.1 Å². The first-order valence-corrected chi connectivity index (χ1v) is 28.9. The summed E-state index contributed by atoms with van der Waals surface area (Å²) in [5, 5.41) is 0.544. The van der Waals surface area contributed by atoms with Crippen LogP contribution < -0.4 is 0 Å². The molecule has 0 radical (unpaired) electrons. The molecule has 2 aliphatic rings. The summed E-state index contributed by atoms with van der Waals surface area (Å²) < 4.78 is 26.7. The summed E-state index contributed by atoms with van der Waals surface area (Å²) in [6.07, 6.45) is 5.31. The molecule has 8 rings (SSSR count). The molecule has 6 aromatic carbocycles. The molecule has 0 atom stereocenters. The molecule has 7 heteroatoms. The minimum Gasteiger partial charge on any atom is -0.238 e. The van der Waals surface area contributed by atoms with Gasteiger partial charge in [0.05, 0.1) is 19.7 Å². The van der Waals surface area contributed by atoms with E-state index < -0.39 is 0 Å². The van der Waals surface area contributed by atoms with E-state index >= 15 is 0 Å². The van der Waals surface area contributed by atoms with Crippen molar-refractivity contribution < 1.29 is 8.78 Å². The molecule has 0 heterocycles. The van der Waals surface area contributed by atoms with Gasteiger partial charge in [-0.3, -0.25) is 0 Å². The van der Waals surface area contributed by atoms with E-state index in [1.54, 1.807) is 25.5 Å². The van der Waals surface area contributed by atoms with Gasteiger partial charge in [0.2, 0.25) is 11.4 Å². The van der Waals surface area contributed by atoms with Crippen molar-refractivity contribution in [2.45, 2.75) is 215 Å². The molecule has 3 nitrogen and oxygen atoms in total. The quantitative estimate of drug-likeness (QED) is 0.153. The highest BCUT2D eigenvalue weighted by Crippen LogP contribution is 2.46. The van der Waals surface area contributed by atoms with Crippen molar-refractivity contribution in [2.24, 2.45) is 0 Å². The molecule has 2 aliphatic carbocycles. The first-order valence-electron chi connectivity index (χ1n) is 27.7. The Kier molecular flexibility index (Phi) is 23.8. The third kappa shape index (κ3) is 21.8. The van der Waals surface area contributed by atoms with Crippen molar-refractivity contribution in [1.29, 1.82) is 0 Å². The van der Waals surface area contributed by atoms with E-state index in [9.17, 15) is 8.78 Å². The van der Waals surface area contributed by atoms with Crippen LogP contribution in [0.15, 0.2) is 114 Å². The van der Waals surface area contributed by atoms with Crippen molar-refractivity contribution in [3.8, 4) is 0 Å². The average Bonchev–Trinajstić information content (AvgIpc) is 4.29. The molecule has 79 heavy (non-hydrogen) atoms. The third-order valence-electron chi connectivity index (χ3n) is 14.1. The van der Waals surface area contributed by atoms with Crippen LogP contribution in [0, 0.1) is 52.1 Å². The van der Waals surface area contributed by atoms with E-state index in [1.165, 1.54) is 76.8 Å². The number of hydrogen-bond donors (Lipinski definition) is 0. The zero-order valence-electron chi connectivity index (χ0n) is 51.7. The minimum absolute atomic E-state index is 0.0875. The number of benzene rings is 6. The van der Waals surface area contributed by atoms with Gasteiger partial charge < -0.3 is 0 Å². The largest absolute Gasteiger partial charge is 0.238 e. The second-order valence-corrected chi connectivity index (χ2v) is 28.8. The second-order valence-electron chi connectivity index (χ2n) is 27.5. The van der Waals surface area contributed by atoms with Crippen LogP contribution in [0.3, 0.4) is 0 Å². The van der Waals surface area contributed by atoms with Crippen molar-refractivity contribution >= 4 is 44.6 Å². The van der Waals surface area contributed by atoms with Crippen LogP contribution in [-0.2, 0) is 32.5 Å². The number of aryl methyl sites for hydroxylation is 3.